The van der Waals surface area contributed by atoms with Gasteiger partial charge in [-0.2, -0.15) is 0 Å². The summed E-state index contributed by atoms with van der Waals surface area (Å²) in [5.74, 6) is 0.599. The van der Waals surface area contributed by atoms with Crippen LogP contribution in [0.3, 0.4) is 0 Å². The third kappa shape index (κ3) is 4.37. The van der Waals surface area contributed by atoms with Crippen molar-refractivity contribution in [3.63, 3.8) is 0 Å². The van der Waals surface area contributed by atoms with E-state index < -0.39 is 0 Å². The first-order chi connectivity index (χ1) is 6.88. The first-order valence-electron chi connectivity index (χ1n) is 5.72. The Labute approximate surface area is 93.9 Å². The van der Waals surface area contributed by atoms with Crippen molar-refractivity contribution in [1.82, 2.24) is 0 Å². The summed E-state index contributed by atoms with van der Waals surface area (Å²) in [5, 5.41) is 3.48. The largest absolute Gasteiger partial charge is 0.385 e. The SMILES string of the molecule is CC(C)c1cccc(NCC(C)(C)C)c1. The molecule has 0 fully saturated rings. The molecule has 0 aliphatic rings. The molecular weight excluding hydrogens is 182 g/mol. The molecular formula is C14H23N. The molecule has 0 aromatic heterocycles. The Morgan fingerprint density at radius 2 is 1.87 bits per heavy atom. The molecule has 0 aliphatic carbocycles. The Balaban J connectivity index is 2.66. The number of hydrogen-bond donors (Lipinski definition) is 1. The van der Waals surface area contributed by atoms with Gasteiger partial charge in [0.15, 0.2) is 0 Å². The van der Waals surface area contributed by atoms with Crippen molar-refractivity contribution < 1.29 is 0 Å². The summed E-state index contributed by atoms with van der Waals surface area (Å²) in [7, 11) is 0. The molecule has 0 heterocycles. The monoisotopic (exact) mass is 205 g/mol. The van der Waals surface area contributed by atoms with Gasteiger partial charge in [0.25, 0.3) is 0 Å². The van der Waals surface area contributed by atoms with E-state index in [9.17, 15) is 0 Å². The lowest BCUT2D eigenvalue weighted by Crippen LogP contribution is -2.19. The summed E-state index contributed by atoms with van der Waals surface area (Å²) in [6, 6.07) is 8.70. The van der Waals surface area contributed by atoms with Gasteiger partial charge >= 0.3 is 0 Å². The average Bonchev–Trinajstić information content (AvgIpc) is 2.14. The third-order valence-electron chi connectivity index (χ3n) is 2.38. The molecule has 1 rings (SSSR count). The maximum atomic E-state index is 3.48. The minimum atomic E-state index is 0.327. The van der Waals surface area contributed by atoms with Gasteiger partial charge in [0.05, 0.1) is 0 Å². The van der Waals surface area contributed by atoms with Crippen LogP contribution in [0.4, 0.5) is 5.69 Å². The van der Waals surface area contributed by atoms with Crippen LogP contribution in [-0.2, 0) is 0 Å². The number of rotatable bonds is 3. The van der Waals surface area contributed by atoms with Crippen molar-refractivity contribution in [2.45, 2.75) is 40.5 Å². The van der Waals surface area contributed by atoms with E-state index in [0.29, 0.717) is 11.3 Å². The van der Waals surface area contributed by atoms with Crippen LogP contribution in [0.25, 0.3) is 0 Å². The molecule has 15 heavy (non-hydrogen) atoms. The fourth-order valence-electron chi connectivity index (χ4n) is 1.37. The van der Waals surface area contributed by atoms with Gasteiger partial charge in [-0.1, -0.05) is 46.8 Å². The summed E-state index contributed by atoms with van der Waals surface area (Å²) in [6.45, 7) is 12.2. The quantitative estimate of drug-likeness (QED) is 0.777. The minimum Gasteiger partial charge on any atom is -0.385 e. The molecule has 0 saturated carbocycles. The Kier molecular flexibility index (Phi) is 3.78. The Bertz CT molecular complexity index is 307. The highest BCUT2D eigenvalue weighted by molar-refractivity contribution is 5.46. The van der Waals surface area contributed by atoms with E-state index in [1.165, 1.54) is 11.3 Å². The normalized spacial score (nSPS) is 11.9. The molecule has 84 valence electrons. The molecule has 0 bridgehead atoms. The molecule has 1 nitrogen and oxygen atoms in total. The van der Waals surface area contributed by atoms with Gasteiger partial charge < -0.3 is 5.32 Å². The summed E-state index contributed by atoms with van der Waals surface area (Å²) in [6.07, 6.45) is 0. The lowest BCUT2D eigenvalue weighted by molar-refractivity contribution is 0.443. The van der Waals surface area contributed by atoms with Crippen molar-refractivity contribution in [2.75, 3.05) is 11.9 Å². The fourth-order valence-corrected chi connectivity index (χ4v) is 1.37. The van der Waals surface area contributed by atoms with Crippen LogP contribution in [0, 0.1) is 5.41 Å². The van der Waals surface area contributed by atoms with E-state index in [-0.39, 0.29) is 0 Å². The Morgan fingerprint density at radius 3 is 2.40 bits per heavy atom. The van der Waals surface area contributed by atoms with Gasteiger partial charge in [-0.25, -0.2) is 0 Å². The molecule has 0 atom stereocenters. The number of hydrogen-bond acceptors (Lipinski definition) is 1. The van der Waals surface area contributed by atoms with Gasteiger partial charge in [0.1, 0.15) is 0 Å². The lowest BCUT2D eigenvalue weighted by atomic mass is 9.96. The van der Waals surface area contributed by atoms with Gasteiger partial charge in [0.2, 0.25) is 0 Å². The Morgan fingerprint density at radius 1 is 1.20 bits per heavy atom. The van der Waals surface area contributed by atoms with E-state index in [0.717, 1.165) is 6.54 Å². The fraction of sp³-hybridized carbons (Fsp3) is 0.571. The molecule has 1 aromatic rings. The molecule has 0 unspecified atom stereocenters. The molecule has 0 aliphatic heterocycles. The zero-order valence-electron chi connectivity index (χ0n) is 10.6. The Hall–Kier alpha value is -0.980. The van der Waals surface area contributed by atoms with Crippen LogP contribution in [0.1, 0.15) is 46.1 Å². The highest BCUT2D eigenvalue weighted by atomic mass is 14.9. The van der Waals surface area contributed by atoms with E-state index in [1.807, 2.05) is 0 Å². The van der Waals surface area contributed by atoms with Crippen LogP contribution in [-0.4, -0.2) is 6.54 Å². The van der Waals surface area contributed by atoms with Crippen LogP contribution in [0.5, 0.6) is 0 Å². The summed E-state index contributed by atoms with van der Waals surface area (Å²) in [4.78, 5) is 0. The molecule has 0 radical (unpaired) electrons. The van der Waals surface area contributed by atoms with Crippen molar-refractivity contribution in [3.05, 3.63) is 29.8 Å². The molecule has 1 heteroatoms. The number of anilines is 1. The van der Waals surface area contributed by atoms with E-state index >= 15 is 0 Å². The second-order valence-corrected chi connectivity index (χ2v) is 5.69. The second kappa shape index (κ2) is 4.69. The van der Waals surface area contributed by atoms with Crippen LogP contribution in [0.2, 0.25) is 0 Å². The molecule has 1 N–H and O–H groups in total. The number of benzene rings is 1. The van der Waals surface area contributed by atoms with Gasteiger partial charge in [-0.05, 0) is 29.0 Å². The maximum absolute atomic E-state index is 3.48. The van der Waals surface area contributed by atoms with Crippen LogP contribution < -0.4 is 5.32 Å². The van der Waals surface area contributed by atoms with Crippen LogP contribution >= 0.6 is 0 Å². The zero-order chi connectivity index (χ0) is 11.5. The van der Waals surface area contributed by atoms with Gasteiger partial charge in [0, 0.05) is 12.2 Å². The topological polar surface area (TPSA) is 12.0 Å². The maximum Gasteiger partial charge on any atom is 0.0343 e. The smallest absolute Gasteiger partial charge is 0.0343 e. The highest BCUT2D eigenvalue weighted by Crippen LogP contribution is 2.20. The van der Waals surface area contributed by atoms with Crippen molar-refractivity contribution >= 4 is 5.69 Å². The molecule has 1 aromatic carbocycles. The molecule has 0 saturated heterocycles. The first-order valence-corrected chi connectivity index (χ1v) is 5.72. The van der Waals surface area contributed by atoms with E-state index in [1.54, 1.807) is 0 Å². The predicted molar refractivity (Wildman–Crippen MR) is 68.5 cm³/mol. The lowest BCUT2D eigenvalue weighted by Gasteiger charge is -2.20. The van der Waals surface area contributed by atoms with Gasteiger partial charge in [-0.15, -0.1) is 0 Å². The first kappa shape index (κ1) is 12.1. The third-order valence-corrected chi connectivity index (χ3v) is 2.38. The van der Waals surface area contributed by atoms with Gasteiger partial charge in [-0.3, -0.25) is 0 Å². The highest BCUT2D eigenvalue weighted by Gasteiger charge is 2.09. The van der Waals surface area contributed by atoms with E-state index in [2.05, 4.69) is 64.2 Å². The zero-order valence-corrected chi connectivity index (χ0v) is 10.6. The average molecular weight is 205 g/mol. The van der Waals surface area contributed by atoms with Crippen molar-refractivity contribution in [1.29, 1.82) is 0 Å². The van der Waals surface area contributed by atoms with Crippen LogP contribution in [0.15, 0.2) is 24.3 Å². The predicted octanol–water partition coefficient (Wildman–Crippen LogP) is 4.27. The molecule has 0 spiro atoms. The molecule has 0 amide bonds. The summed E-state index contributed by atoms with van der Waals surface area (Å²) < 4.78 is 0. The van der Waals surface area contributed by atoms with Crippen molar-refractivity contribution in [3.8, 4) is 0 Å². The minimum absolute atomic E-state index is 0.327. The standard InChI is InChI=1S/C14H23N/c1-11(2)12-7-6-8-13(9-12)15-10-14(3,4)5/h6-9,11,15H,10H2,1-5H3. The summed E-state index contributed by atoms with van der Waals surface area (Å²) >= 11 is 0. The second-order valence-electron chi connectivity index (χ2n) is 5.69. The van der Waals surface area contributed by atoms with Crippen molar-refractivity contribution in [2.24, 2.45) is 5.41 Å². The summed E-state index contributed by atoms with van der Waals surface area (Å²) in [5.41, 5.74) is 2.96. The number of nitrogens with one attached hydrogen (secondary N) is 1. The van der Waals surface area contributed by atoms with E-state index in [4.69, 9.17) is 0 Å².